The number of amides is 1. The lowest BCUT2D eigenvalue weighted by atomic mass is 9.99. The zero-order chi connectivity index (χ0) is 63.5. The van der Waals surface area contributed by atoms with Crippen LogP contribution in [0.5, 0.6) is 0 Å². The van der Waals surface area contributed by atoms with Crippen LogP contribution in [0.4, 0.5) is 0 Å². The van der Waals surface area contributed by atoms with Gasteiger partial charge in [0.25, 0.3) is 0 Å². The number of ether oxygens (including phenoxy) is 2. The second kappa shape index (κ2) is 67.0. The Morgan fingerprint density at radius 2 is 0.716 bits per heavy atom. The van der Waals surface area contributed by atoms with Crippen molar-refractivity contribution in [3.8, 4) is 0 Å². The zero-order valence-electron chi connectivity index (χ0n) is 57.2. The van der Waals surface area contributed by atoms with Crippen molar-refractivity contribution in [3.05, 3.63) is 97.2 Å². The van der Waals surface area contributed by atoms with Crippen LogP contribution in [-0.2, 0) is 14.3 Å². The number of allylic oxidation sites excluding steroid dienone is 15. The van der Waals surface area contributed by atoms with E-state index in [1.54, 1.807) is 6.08 Å². The van der Waals surface area contributed by atoms with E-state index < -0.39 is 49.5 Å². The summed E-state index contributed by atoms with van der Waals surface area (Å²) in [4.78, 5) is 13.1. The fourth-order valence-corrected chi connectivity index (χ4v) is 11.6. The van der Waals surface area contributed by atoms with E-state index >= 15 is 0 Å². The molecule has 1 heterocycles. The molecule has 0 aromatic rings. The average molecular weight is 1230 g/mol. The fraction of sp³-hybridized carbons (Fsp3) is 0.785. The first kappa shape index (κ1) is 83.1. The van der Waals surface area contributed by atoms with Gasteiger partial charge in [0.15, 0.2) is 6.29 Å². The van der Waals surface area contributed by atoms with Crippen LogP contribution in [0.25, 0.3) is 0 Å². The van der Waals surface area contributed by atoms with Gasteiger partial charge >= 0.3 is 0 Å². The van der Waals surface area contributed by atoms with Gasteiger partial charge in [0, 0.05) is 6.42 Å². The number of hydrogen-bond acceptors (Lipinski definition) is 8. The van der Waals surface area contributed by atoms with Gasteiger partial charge in [0.1, 0.15) is 24.4 Å². The molecule has 7 unspecified atom stereocenters. The number of unbranched alkanes of at least 4 members (excludes halogenated alkanes) is 41. The molecule has 510 valence electrons. The van der Waals surface area contributed by atoms with Crippen molar-refractivity contribution in [3.63, 3.8) is 0 Å². The average Bonchev–Trinajstić information content (AvgIpc) is 3.31. The smallest absolute Gasteiger partial charge is 0.220 e. The van der Waals surface area contributed by atoms with E-state index in [1.807, 2.05) is 6.08 Å². The van der Waals surface area contributed by atoms with E-state index in [9.17, 15) is 30.3 Å². The van der Waals surface area contributed by atoms with E-state index in [0.29, 0.717) is 6.42 Å². The van der Waals surface area contributed by atoms with Crippen molar-refractivity contribution < 1.29 is 39.8 Å². The van der Waals surface area contributed by atoms with Crippen molar-refractivity contribution in [2.24, 2.45) is 0 Å². The van der Waals surface area contributed by atoms with E-state index in [0.717, 1.165) is 77.0 Å². The Morgan fingerprint density at radius 1 is 0.398 bits per heavy atom. The molecule has 0 spiro atoms. The van der Waals surface area contributed by atoms with Crippen molar-refractivity contribution in [2.75, 3.05) is 13.2 Å². The molecule has 1 aliphatic heterocycles. The Labute approximate surface area is 543 Å². The van der Waals surface area contributed by atoms with Crippen LogP contribution < -0.4 is 5.32 Å². The molecule has 6 N–H and O–H groups in total. The maximum absolute atomic E-state index is 13.1. The van der Waals surface area contributed by atoms with Gasteiger partial charge in [-0.15, -0.1) is 0 Å². The van der Waals surface area contributed by atoms with Gasteiger partial charge in [-0.25, -0.2) is 0 Å². The number of aliphatic hydroxyl groups excluding tert-OH is 5. The fourth-order valence-electron chi connectivity index (χ4n) is 11.6. The molecule has 0 aromatic heterocycles. The second-order valence-electron chi connectivity index (χ2n) is 25.7. The lowest BCUT2D eigenvalue weighted by molar-refractivity contribution is -0.302. The Kier molecular flexibility index (Phi) is 63.3. The molecule has 9 heteroatoms. The summed E-state index contributed by atoms with van der Waals surface area (Å²) < 4.78 is 11.3. The summed E-state index contributed by atoms with van der Waals surface area (Å²) in [5.41, 5.74) is 0. The van der Waals surface area contributed by atoms with Crippen molar-refractivity contribution in [1.82, 2.24) is 5.32 Å². The highest BCUT2D eigenvalue weighted by atomic mass is 16.7. The highest BCUT2D eigenvalue weighted by Gasteiger charge is 2.44. The van der Waals surface area contributed by atoms with E-state index in [1.165, 1.54) is 244 Å². The molecule has 0 radical (unpaired) electrons. The molecule has 9 nitrogen and oxygen atoms in total. The highest BCUT2D eigenvalue weighted by molar-refractivity contribution is 5.76. The number of hydrogen-bond donors (Lipinski definition) is 6. The molecule has 7 atom stereocenters. The van der Waals surface area contributed by atoms with E-state index in [-0.39, 0.29) is 12.5 Å². The summed E-state index contributed by atoms with van der Waals surface area (Å²) >= 11 is 0. The van der Waals surface area contributed by atoms with Gasteiger partial charge in [0.2, 0.25) is 5.91 Å². The zero-order valence-corrected chi connectivity index (χ0v) is 57.2. The SMILES string of the molecule is CC/C=C\C/C=C\C/C=C\C/C=C\C/C=C\C/C=C\CCCCCCCCCCCCCCCCCCCCCCCCC(=O)NC(COC1OC(CO)C(O)C(O)C1O)C(O)/C=C/CC/C=C/CCCCCCCCCCCCCCCCCCCC. The van der Waals surface area contributed by atoms with Gasteiger partial charge in [-0.1, -0.05) is 349 Å². The lowest BCUT2D eigenvalue weighted by Crippen LogP contribution is -2.60. The topological polar surface area (TPSA) is 149 Å². The van der Waals surface area contributed by atoms with Crippen LogP contribution in [0, 0.1) is 0 Å². The largest absolute Gasteiger partial charge is 0.394 e. The number of rotatable bonds is 65. The Morgan fingerprint density at radius 3 is 1.09 bits per heavy atom. The molecule has 0 aliphatic carbocycles. The number of carbonyl (C=O) groups is 1. The molecular formula is C79H141NO8. The van der Waals surface area contributed by atoms with Crippen LogP contribution in [-0.4, -0.2) is 87.5 Å². The minimum absolute atomic E-state index is 0.182. The highest BCUT2D eigenvalue weighted by Crippen LogP contribution is 2.23. The van der Waals surface area contributed by atoms with E-state index in [2.05, 4.69) is 104 Å². The molecule has 0 aromatic carbocycles. The molecule has 0 bridgehead atoms. The van der Waals surface area contributed by atoms with Crippen LogP contribution in [0.15, 0.2) is 97.2 Å². The van der Waals surface area contributed by atoms with Crippen molar-refractivity contribution >= 4 is 5.91 Å². The Hall–Kier alpha value is -2.89. The van der Waals surface area contributed by atoms with Gasteiger partial charge in [-0.3, -0.25) is 4.79 Å². The summed E-state index contributed by atoms with van der Waals surface area (Å²) in [6.07, 6.45) is 91.1. The monoisotopic (exact) mass is 1230 g/mol. The van der Waals surface area contributed by atoms with Crippen LogP contribution in [0.3, 0.4) is 0 Å². The van der Waals surface area contributed by atoms with Crippen LogP contribution >= 0.6 is 0 Å². The molecule has 0 saturated carbocycles. The van der Waals surface area contributed by atoms with Gasteiger partial charge < -0.3 is 40.3 Å². The molecule has 1 aliphatic rings. The lowest BCUT2D eigenvalue weighted by Gasteiger charge is -2.40. The maximum Gasteiger partial charge on any atom is 0.220 e. The van der Waals surface area contributed by atoms with Gasteiger partial charge in [0.05, 0.1) is 25.4 Å². The third-order valence-electron chi connectivity index (χ3n) is 17.4. The minimum atomic E-state index is -1.58. The molecule has 1 fully saturated rings. The van der Waals surface area contributed by atoms with E-state index in [4.69, 9.17) is 9.47 Å². The minimum Gasteiger partial charge on any atom is -0.394 e. The predicted octanol–water partition coefficient (Wildman–Crippen LogP) is 21.0. The molecular weight excluding hydrogens is 1090 g/mol. The summed E-state index contributed by atoms with van der Waals surface area (Å²) in [6.45, 7) is 3.69. The van der Waals surface area contributed by atoms with Gasteiger partial charge in [-0.2, -0.15) is 0 Å². The molecule has 88 heavy (non-hydrogen) atoms. The summed E-state index contributed by atoms with van der Waals surface area (Å²) in [5, 5.41) is 54.8. The predicted molar refractivity (Wildman–Crippen MR) is 378 cm³/mol. The number of carbonyl (C=O) groups excluding carboxylic acids is 1. The Bertz CT molecular complexity index is 1720. The maximum atomic E-state index is 13.1. The third-order valence-corrected chi connectivity index (χ3v) is 17.4. The first-order valence-electron chi connectivity index (χ1n) is 37.5. The third kappa shape index (κ3) is 54.8. The molecule has 1 saturated heterocycles. The second-order valence-corrected chi connectivity index (χ2v) is 25.7. The summed E-state index contributed by atoms with van der Waals surface area (Å²) in [7, 11) is 0. The van der Waals surface area contributed by atoms with Crippen LogP contribution in [0.2, 0.25) is 0 Å². The van der Waals surface area contributed by atoms with Crippen LogP contribution in [0.1, 0.15) is 341 Å². The first-order chi connectivity index (χ1) is 43.3. The van der Waals surface area contributed by atoms with Gasteiger partial charge in [-0.05, 0) is 83.5 Å². The first-order valence-corrected chi connectivity index (χ1v) is 37.5. The number of aliphatic hydroxyl groups is 5. The van der Waals surface area contributed by atoms with Crippen molar-refractivity contribution in [2.45, 2.75) is 384 Å². The Balaban J connectivity index is 2.08. The summed E-state index contributed by atoms with van der Waals surface area (Å²) in [5.74, 6) is -0.182. The summed E-state index contributed by atoms with van der Waals surface area (Å²) in [6, 6.07) is -0.826. The quantitative estimate of drug-likeness (QED) is 0.0261. The number of nitrogens with one attached hydrogen (secondary N) is 1. The normalized spacial score (nSPS) is 18.5. The standard InChI is InChI=1S/C79H141NO8/c1-3-5-7-9-11-13-15-17-19-21-23-25-27-29-30-31-32-33-34-35-36-37-38-39-40-41-42-43-44-45-47-49-51-53-55-57-59-61-63-65-67-69-75(83)80-72(71-87-79-78(86)77(85)76(84)74(70-81)88-79)73(82)68-66-64-62-60-58-56-54-52-50-48-46-28-26-24-22-20-18-16-14-12-10-8-6-4-2/h5,7,11,13,17,19,23,25,29-30,32-33,58,60,66,68,72-74,76-79,81-82,84-86H,3-4,6,8-10,12,14-16,18,20-22,24,26-28,31,34-57,59,61-65,67,69-71H2,1-2H3,(H,80,83)/b7-5-,13-11-,19-17-,25-23-,30-29-,33-32-,60-58+,68-66+. The van der Waals surface area contributed by atoms with Crippen molar-refractivity contribution in [1.29, 1.82) is 0 Å². The molecule has 1 amide bonds. The molecule has 1 rings (SSSR count).